The Bertz CT molecular complexity index is 1770. The van der Waals surface area contributed by atoms with Crippen molar-refractivity contribution in [3.8, 4) is 11.4 Å². The van der Waals surface area contributed by atoms with Gasteiger partial charge >= 0.3 is 0 Å². The number of benzene rings is 3. The molecule has 0 aliphatic heterocycles. The lowest BCUT2D eigenvalue weighted by Gasteiger charge is -2.10. The fourth-order valence-electron chi connectivity index (χ4n) is 4.82. The number of hydrogen-bond acceptors (Lipinski definition) is 5. The summed E-state index contributed by atoms with van der Waals surface area (Å²) in [6.45, 7) is 3.31. The topological polar surface area (TPSA) is 74.8 Å². The molecular weight excluding hydrogens is 474 g/mol. The monoisotopic (exact) mass is 503 g/mol. The zero-order valence-electron chi connectivity index (χ0n) is 21.4. The van der Waals surface area contributed by atoms with E-state index in [1.807, 2.05) is 83.4 Å². The fourth-order valence-corrected chi connectivity index (χ4v) is 4.82. The highest BCUT2D eigenvalue weighted by molar-refractivity contribution is 6.05. The van der Waals surface area contributed by atoms with Crippen molar-refractivity contribution in [2.24, 2.45) is 0 Å². The van der Waals surface area contributed by atoms with Crippen molar-refractivity contribution >= 4 is 33.2 Å². The summed E-state index contributed by atoms with van der Waals surface area (Å²) >= 11 is 0. The Kier molecular flexibility index (Phi) is 6.56. The van der Waals surface area contributed by atoms with Crippen LogP contribution in [0.2, 0.25) is 0 Å². The maximum absolute atomic E-state index is 13.7. The molecule has 0 spiro atoms. The van der Waals surface area contributed by atoms with Crippen molar-refractivity contribution in [1.82, 2.24) is 24.1 Å². The third-order valence-corrected chi connectivity index (χ3v) is 6.83. The van der Waals surface area contributed by atoms with Crippen LogP contribution in [0.15, 0.2) is 90.0 Å². The highest BCUT2D eigenvalue weighted by Gasteiger charge is 2.21. The van der Waals surface area contributed by atoms with Crippen molar-refractivity contribution in [1.29, 1.82) is 0 Å². The summed E-state index contributed by atoms with van der Waals surface area (Å²) in [5, 5.41) is 0.501. The molecule has 6 aromatic rings. The first-order valence-corrected chi connectivity index (χ1v) is 13.2. The van der Waals surface area contributed by atoms with Gasteiger partial charge in [-0.2, -0.15) is 0 Å². The van der Waals surface area contributed by atoms with E-state index in [0.29, 0.717) is 35.3 Å². The number of nitrogens with zero attached hydrogens (tertiary/aromatic N) is 5. The van der Waals surface area contributed by atoms with Crippen LogP contribution in [-0.4, -0.2) is 24.1 Å². The Morgan fingerprint density at radius 1 is 0.789 bits per heavy atom. The molecule has 0 unspecified atom stereocenters. The lowest BCUT2D eigenvalue weighted by Crippen LogP contribution is -2.20. The second-order valence-corrected chi connectivity index (χ2v) is 9.49. The molecule has 6 rings (SSSR count). The molecule has 3 aromatic heterocycles. The van der Waals surface area contributed by atoms with Crippen molar-refractivity contribution in [2.75, 3.05) is 0 Å². The maximum atomic E-state index is 13.7. The Hall–Kier alpha value is -4.52. The number of aromatic nitrogens is 5. The van der Waals surface area contributed by atoms with E-state index < -0.39 is 0 Å². The van der Waals surface area contributed by atoms with Crippen LogP contribution in [0.3, 0.4) is 0 Å². The molecule has 3 aromatic carbocycles. The number of para-hydroxylation sites is 2. The van der Waals surface area contributed by atoms with Crippen molar-refractivity contribution < 1.29 is 4.74 Å². The molecule has 190 valence electrons. The maximum Gasteiger partial charge on any atom is 0.265 e. The summed E-state index contributed by atoms with van der Waals surface area (Å²) in [4.78, 5) is 28.3. The van der Waals surface area contributed by atoms with Gasteiger partial charge in [0.2, 0.25) is 0 Å². The zero-order valence-corrected chi connectivity index (χ0v) is 21.4. The van der Waals surface area contributed by atoms with Crippen LogP contribution >= 0.6 is 0 Å². The second-order valence-electron chi connectivity index (χ2n) is 9.49. The summed E-state index contributed by atoms with van der Waals surface area (Å²) < 4.78 is 9.61. The van der Waals surface area contributed by atoms with Crippen LogP contribution in [0.5, 0.6) is 5.75 Å². The largest absolute Gasteiger partial charge is 0.489 e. The number of hydrogen-bond donors (Lipinski definition) is 0. The lowest BCUT2D eigenvalue weighted by molar-refractivity contribution is 0.306. The summed E-state index contributed by atoms with van der Waals surface area (Å²) in [5.41, 5.74) is 5.14. The van der Waals surface area contributed by atoms with E-state index in [4.69, 9.17) is 19.7 Å². The van der Waals surface area contributed by atoms with E-state index >= 15 is 0 Å². The first-order chi connectivity index (χ1) is 18.7. The molecular formula is C31H29N5O2. The highest BCUT2D eigenvalue weighted by Crippen LogP contribution is 2.29. The summed E-state index contributed by atoms with van der Waals surface area (Å²) in [5.74, 6) is 0.761. The Labute approximate surface area is 220 Å². The van der Waals surface area contributed by atoms with E-state index in [9.17, 15) is 4.79 Å². The van der Waals surface area contributed by atoms with Crippen molar-refractivity contribution in [2.45, 2.75) is 45.8 Å². The third-order valence-electron chi connectivity index (χ3n) is 6.83. The molecule has 0 radical (unpaired) electrons. The minimum absolute atomic E-state index is 0.0809. The number of fused-ring (bicyclic) bond motifs is 4. The summed E-state index contributed by atoms with van der Waals surface area (Å²) in [7, 11) is 0. The van der Waals surface area contributed by atoms with Crippen LogP contribution in [-0.2, 0) is 13.2 Å². The van der Waals surface area contributed by atoms with Gasteiger partial charge in [0, 0.05) is 12.2 Å². The van der Waals surface area contributed by atoms with Gasteiger partial charge in [-0.1, -0.05) is 68.7 Å². The van der Waals surface area contributed by atoms with Gasteiger partial charge in [-0.15, -0.1) is 0 Å². The third kappa shape index (κ3) is 4.52. The van der Waals surface area contributed by atoms with Gasteiger partial charge in [-0.25, -0.2) is 15.0 Å². The van der Waals surface area contributed by atoms with Crippen LogP contribution in [0.25, 0.3) is 38.9 Å². The Balaban J connectivity index is 1.44. The minimum atomic E-state index is -0.0809. The van der Waals surface area contributed by atoms with Crippen LogP contribution in [0.4, 0.5) is 0 Å². The van der Waals surface area contributed by atoms with Crippen LogP contribution < -0.4 is 10.3 Å². The Morgan fingerprint density at radius 3 is 2.29 bits per heavy atom. The first kappa shape index (κ1) is 23.9. The molecule has 0 atom stereocenters. The van der Waals surface area contributed by atoms with Gasteiger partial charge in [-0.05, 0) is 48.4 Å². The van der Waals surface area contributed by atoms with E-state index in [-0.39, 0.29) is 5.56 Å². The summed E-state index contributed by atoms with van der Waals surface area (Å²) in [6, 6.07) is 25.6. The molecule has 0 fully saturated rings. The predicted octanol–water partition coefficient (Wildman–Crippen LogP) is 6.44. The molecule has 0 N–H and O–H groups in total. The molecule has 7 nitrogen and oxygen atoms in total. The molecule has 0 saturated heterocycles. The summed E-state index contributed by atoms with van der Waals surface area (Å²) in [6.07, 6.45) is 6.00. The van der Waals surface area contributed by atoms with Crippen LogP contribution in [0.1, 0.15) is 38.2 Å². The fraction of sp³-hybridized carbons (Fsp3) is 0.226. The first-order valence-electron chi connectivity index (χ1n) is 13.2. The average Bonchev–Trinajstić information content (AvgIpc) is 3.28. The molecule has 0 amide bonds. The van der Waals surface area contributed by atoms with E-state index in [1.54, 1.807) is 10.9 Å². The predicted molar refractivity (Wildman–Crippen MR) is 151 cm³/mol. The van der Waals surface area contributed by atoms with Gasteiger partial charge in [0.15, 0.2) is 11.3 Å². The van der Waals surface area contributed by atoms with E-state index in [0.717, 1.165) is 53.7 Å². The quantitative estimate of drug-likeness (QED) is 0.212. The standard InChI is InChI=1S/C31H29N5O2/c1-2-3-4-10-19-35-21-32-29-27(31(35)37)28-30(34-26-14-9-8-13-25(26)33-28)36(29)23-15-17-24(18-16-23)38-20-22-11-6-5-7-12-22/h5-9,11-18,21H,2-4,10,19-20H2,1H3. The highest BCUT2D eigenvalue weighted by atomic mass is 16.5. The van der Waals surface area contributed by atoms with Gasteiger partial charge in [0.25, 0.3) is 5.56 Å². The van der Waals surface area contributed by atoms with Crippen molar-refractivity contribution in [3.05, 3.63) is 101 Å². The number of ether oxygens (including phenoxy) is 1. The number of rotatable bonds is 9. The molecule has 3 heterocycles. The van der Waals surface area contributed by atoms with Gasteiger partial charge < -0.3 is 4.74 Å². The molecule has 0 bridgehead atoms. The smallest absolute Gasteiger partial charge is 0.265 e. The normalized spacial score (nSPS) is 11.5. The zero-order chi connectivity index (χ0) is 25.9. The molecule has 0 saturated carbocycles. The lowest BCUT2D eigenvalue weighted by atomic mass is 10.2. The van der Waals surface area contributed by atoms with Gasteiger partial charge in [0.05, 0.1) is 17.4 Å². The number of aryl methyl sites for hydroxylation is 1. The van der Waals surface area contributed by atoms with E-state index in [2.05, 4.69) is 6.92 Å². The molecule has 0 aliphatic rings. The van der Waals surface area contributed by atoms with Crippen molar-refractivity contribution in [3.63, 3.8) is 0 Å². The Morgan fingerprint density at radius 2 is 1.53 bits per heavy atom. The van der Waals surface area contributed by atoms with Gasteiger partial charge in [0.1, 0.15) is 23.3 Å². The SMILES string of the molecule is CCCCCCn1cnc2c(c1=O)c1nc3ccccc3nc1n2-c1ccc(OCc2ccccc2)cc1. The molecule has 38 heavy (non-hydrogen) atoms. The minimum Gasteiger partial charge on any atom is -0.489 e. The van der Waals surface area contributed by atoms with Crippen LogP contribution in [0, 0.1) is 0 Å². The average molecular weight is 504 g/mol. The second kappa shape index (κ2) is 10.5. The van der Waals surface area contributed by atoms with E-state index in [1.165, 1.54) is 0 Å². The number of unbranched alkanes of at least 4 members (excludes halogenated alkanes) is 3. The molecule has 0 aliphatic carbocycles. The molecule has 7 heteroatoms. The van der Waals surface area contributed by atoms with Gasteiger partial charge in [-0.3, -0.25) is 13.9 Å².